The Balaban J connectivity index is 3.11. The third-order valence-corrected chi connectivity index (χ3v) is 3.10. The molecule has 3 N–H and O–H groups in total. The van der Waals surface area contributed by atoms with Crippen LogP contribution in [0.4, 0.5) is 18.9 Å². The SMILES string of the molecule is CC(CO)C(C)Nc1ccc(C(F)(F)F)cc1C(=O)O. The number of carbonyl (C=O) groups is 1. The number of aliphatic hydroxyl groups is 1. The zero-order valence-corrected chi connectivity index (χ0v) is 11.0. The normalized spacial score (nSPS) is 14.7. The van der Waals surface area contributed by atoms with Crippen LogP contribution in [0.15, 0.2) is 18.2 Å². The van der Waals surface area contributed by atoms with Gasteiger partial charge in [-0.25, -0.2) is 4.79 Å². The Labute approximate surface area is 114 Å². The van der Waals surface area contributed by atoms with Gasteiger partial charge in [-0.15, -0.1) is 0 Å². The number of alkyl halides is 3. The summed E-state index contributed by atoms with van der Waals surface area (Å²) in [5.41, 5.74) is -1.36. The lowest BCUT2D eigenvalue weighted by atomic mass is 10.0. The van der Waals surface area contributed by atoms with Gasteiger partial charge in [0, 0.05) is 18.3 Å². The maximum absolute atomic E-state index is 12.6. The number of halogens is 3. The highest BCUT2D eigenvalue weighted by Gasteiger charge is 2.32. The van der Waals surface area contributed by atoms with Gasteiger partial charge in [-0.1, -0.05) is 6.92 Å². The van der Waals surface area contributed by atoms with Crippen molar-refractivity contribution in [1.29, 1.82) is 0 Å². The average Bonchev–Trinajstić information content (AvgIpc) is 2.36. The molecule has 7 heteroatoms. The summed E-state index contributed by atoms with van der Waals surface area (Å²) in [7, 11) is 0. The summed E-state index contributed by atoms with van der Waals surface area (Å²) in [4.78, 5) is 11.1. The number of aromatic carboxylic acids is 1. The summed E-state index contributed by atoms with van der Waals surface area (Å²) in [6.07, 6.45) is -4.59. The van der Waals surface area contributed by atoms with E-state index in [1.54, 1.807) is 13.8 Å². The first kappa shape index (κ1) is 16.3. The van der Waals surface area contributed by atoms with Gasteiger partial charge >= 0.3 is 12.1 Å². The van der Waals surface area contributed by atoms with Crippen molar-refractivity contribution in [1.82, 2.24) is 0 Å². The van der Waals surface area contributed by atoms with Crippen molar-refractivity contribution >= 4 is 11.7 Å². The molecule has 1 aromatic carbocycles. The number of anilines is 1. The Hall–Kier alpha value is -1.76. The molecule has 0 saturated carbocycles. The summed E-state index contributed by atoms with van der Waals surface area (Å²) >= 11 is 0. The second-order valence-electron chi connectivity index (χ2n) is 4.66. The first-order chi connectivity index (χ1) is 9.16. The van der Waals surface area contributed by atoms with Crippen LogP contribution in [-0.4, -0.2) is 28.8 Å². The molecule has 0 fully saturated rings. The van der Waals surface area contributed by atoms with Gasteiger partial charge in [0.1, 0.15) is 0 Å². The Bertz CT molecular complexity index is 488. The first-order valence-electron chi connectivity index (χ1n) is 5.98. The van der Waals surface area contributed by atoms with Gasteiger partial charge < -0.3 is 15.5 Å². The zero-order valence-electron chi connectivity index (χ0n) is 11.0. The van der Waals surface area contributed by atoms with Gasteiger partial charge in [-0.05, 0) is 31.0 Å². The van der Waals surface area contributed by atoms with E-state index in [1.807, 2.05) is 0 Å². The number of aliphatic hydroxyl groups excluding tert-OH is 1. The Morgan fingerprint density at radius 1 is 1.35 bits per heavy atom. The predicted molar refractivity (Wildman–Crippen MR) is 67.7 cm³/mol. The fourth-order valence-corrected chi connectivity index (χ4v) is 1.57. The number of carboxylic acids is 1. The Morgan fingerprint density at radius 3 is 2.40 bits per heavy atom. The summed E-state index contributed by atoms with van der Waals surface area (Å²) < 4.78 is 37.7. The fraction of sp³-hybridized carbons (Fsp3) is 0.462. The van der Waals surface area contributed by atoms with Crippen molar-refractivity contribution in [2.24, 2.45) is 5.92 Å². The molecule has 2 unspecified atom stereocenters. The van der Waals surface area contributed by atoms with Crippen molar-refractivity contribution in [3.63, 3.8) is 0 Å². The standard InChI is InChI=1S/C13H16F3NO3/c1-7(6-18)8(2)17-11-4-3-9(13(14,15)16)5-10(11)12(19)20/h3-5,7-8,17-18H,6H2,1-2H3,(H,19,20). The molecule has 0 radical (unpaired) electrons. The second kappa shape index (κ2) is 6.13. The summed E-state index contributed by atoms with van der Waals surface area (Å²) in [6.45, 7) is 3.34. The lowest BCUT2D eigenvalue weighted by molar-refractivity contribution is -0.137. The van der Waals surface area contributed by atoms with E-state index in [2.05, 4.69) is 5.32 Å². The van der Waals surface area contributed by atoms with Crippen LogP contribution < -0.4 is 5.32 Å². The van der Waals surface area contributed by atoms with E-state index in [-0.39, 0.29) is 24.3 Å². The minimum Gasteiger partial charge on any atom is -0.478 e. The van der Waals surface area contributed by atoms with Crippen LogP contribution in [0.25, 0.3) is 0 Å². The molecule has 112 valence electrons. The first-order valence-corrected chi connectivity index (χ1v) is 5.98. The maximum Gasteiger partial charge on any atom is 0.416 e. The minimum atomic E-state index is -4.59. The largest absolute Gasteiger partial charge is 0.478 e. The van der Waals surface area contributed by atoms with Crippen LogP contribution >= 0.6 is 0 Å². The van der Waals surface area contributed by atoms with E-state index in [1.165, 1.54) is 0 Å². The minimum absolute atomic E-state index is 0.0956. The van der Waals surface area contributed by atoms with Gasteiger partial charge in [0.25, 0.3) is 0 Å². The van der Waals surface area contributed by atoms with Crippen LogP contribution in [0.3, 0.4) is 0 Å². The van der Waals surface area contributed by atoms with Crippen molar-refractivity contribution < 1.29 is 28.2 Å². The number of hydrogen-bond acceptors (Lipinski definition) is 3. The highest BCUT2D eigenvalue weighted by Crippen LogP contribution is 2.32. The van der Waals surface area contributed by atoms with Crippen molar-refractivity contribution in [2.75, 3.05) is 11.9 Å². The van der Waals surface area contributed by atoms with Gasteiger partial charge in [0.05, 0.1) is 11.1 Å². The van der Waals surface area contributed by atoms with Crippen LogP contribution in [-0.2, 0) is 6.18 Å². The van der Waals surface area contributed by atoms with Crippen LogP contribution in [0, 0.1) is 5.92 Å². The van der Waals surface area contributed by atoms with Crippen molar-refractivity contribution in [2.45, 2.75) is 26.1 Å². The number of rotatable bonds is 5. The molecule has 0 aromatic heterocycles. The molecule has 4 nitrogen and oxygen atoms in total. The van der Waals surface area contributed by atoms with Crippen molar-refractivity contribution in [3.8, 4) is 0 Å². The van der Waals surface area contributed by atoms with E-state index in [9.17, 15) is 18.0 Å². The summed E-state index contributed by atoms with van der Waals surface area (Å²) in [5.74, 6) is -1.61. The van der Waals surface area contributed by atoms with Gasteiger partial charge in [-0.2, -0.15) is 13.2 Å². The molecule has 0 aliphatic rings. The summed E-state index contributed by atoms with van der Waals surface area (Å²) in [6, 6.07) is 2.23. The highest BCUT2D eigenvalue weighted by atomic mass is 19.4. The Kier molecular flexibility index (Phi) is 4.99. The molecule has 0 saturated heterocycles. The monoisotopic (exact) mass is 291 g/mol. The number of benzene rings is 1. The molecule has 20 heavy (non-hydrogen) atoms. The van der Waals surface area contributed by atoms with Gasteiger partial charge in [-0.3, -0.25) is 0 Å². The Morgan fingerprint density at radius 2 is 1.95 bits per heavy atom. The molecule has 0 aliphatic heterocycles. The average molecular weight is 291 g/mol. The van der Waals surface area contributed by atoms with Crippen LogP contribution in [0.2, 0.25) is 0 Å². The smallest absolute Gasteiger partial charge is 0.416 e. The lowest BCUT2D eigenvalue weighted by Crippen LogP contribution is -2.27. The molecule has 1 rings (SSSR count). The number of nitrogens with one attached hydrogen (secondary N) is 1. The van der Waals surface area contributed by atoms with Crippen molar-refractivity contribution in [3.05, 3.63) is 29.3 Å². The molecule has 0 heterocycles. The summed E-state index contributed by atoms with van der Waals surface area (Å²) in [5, 5.41) is 20.8. The number of carboxylic acid groups (broad SMARTS) is 1. The number of hydrogen-bond donors (Lipinski definition) is 3. The van der Waals surface area contributed by atoms with E-state index >= 15 is 0 Å². The fourth-order valence-electron chi connectivity index (χ4n) is 1.57. The molecule has 0 aliphatic carbocycles. The van der Waals surface area contributed by atoms with Gasteiger partial charge in [0.15, 0.2) is 0 Å². The molecule has 0 amide bonds. The molecular weight excluding hydrogens is 275 g/mol. The maximum atomic E-state index is 12.6. The lowest BCUT2D eigenvalue weighted by Gasteiger charge is -2.22. The molecular formula is C13H16F3NO3. The third kappa shape index (κ3) is 3.86. The second-order valence-corrected chi connectivity index (χ2v) is 4.66. The van der Waals surface area contributed by atoms with Gasteiger partial charge in [0.2, 0.25) is 0 Å². The van der Waals surface area contributed by atoms with E-state index in [0.717, 1.165) is 12.1 Å². The van der Waals surface area contributed by atoms with Crippen LogP contribution in [0.1, 0.15) is 29.8 Å². The van der Waals surface area contributed by atoms with E-state index in [4.69, 9.17) is 10.2 Å². The topological polar surface area (TPSA) is 69.6 Å². The molecule has 0 spiro atoms. The predicted octanol–water partition coefficient (Wildman–Crippen LogP) is 2.83. The molecule has 1 aromatic rings. The highest BCUT2D eigenvalue weighted by molar-refractivity contribution is 5.94. The molecule has 2 atom stereocenters. The molecule has 0 bridgehead atoms. The van der Waals surface area contributed by atoms with Crippen LogP contribution in [0.5, 0.6) is 0 Å². The quantitative estimate of drug-likeness (QED) is 0.780. The van der Waals surface area contributed by atoms with E-state index < -0.39 is 23.3 Å². The van der Waals surface area contributed by atoms with E-state index in [0.29, 0.717) is 6.07 Å². The zero-order chi connectivity index (χ0) is 15.5. The third-order valence-electron chi connectivity index (χ3n) is 3.10.